The molecule has 162 valence electrons. The zero-order valence-electron chi connectivity index (χ0n) is 17.4. The molecule has 1 saturated heterocycles. The largest absolute Gasteiger partial charge is 0.505 e. The lowest BCUT2D eigenvalue weighted by Gasteiger charge is -2.35. The fraction of sp³-hybridized carbons (Fsp3) is 0.273. The minimum Gasteiger partial charge on any atom is -0.505 e. The lowest BCUT2D eigenvalue weighted by atomic mass is 10.2. The lowest BCUT2D eigenvalue weighted by Crippen LogP contribution is -2.48. The van der Waals surface area contributed by atoms with Gasteiger partial charge in [-0.25, -0.2) is 15.0 Å². The van der Waals surface area contributed by atoms with Crippen molar-refractivity contribution >= 4 is 28.5 Å². The number of hydrogen-bond donors (Lipinski definition) is 2. The van der Waals surface area contributed by atoms with E-state index in [9.17, 15) is 14.7 Å². The highest BCUT2D eigenvalue weighted by molar-refractivity contribution is 6.00. The number of aromatic hydroxyl groups is 1. The second kappa shape index (κ2) is 8.85. The molecule has 1 aliphatic heterocycles. The van der Waals surface area contributed by atoms with Gasteiger partial charge in [0.1, 0.15) is 17.6 Å². The Morgan fingerprint density at radius 3 is 2.56 bits per heavy atom. The van der Waals surface area contributed by atoms with Crippen molar-refractivity contribution in [2.75, 3.05) is 31.1 Å². The van der Waals surface area contributed by atoms with E-state index in [-0.39, 0.29) is 23.9 Å². The van der Waals surface area contributed by atoms with E-state index in [2.05, 4.69) is 25.2 Å². The molecule has 1 fully saturated rings. The Morgan fingerprint density at radius 2 is 1.91 bits per heavy atom. The first-order valence-electron chi connectivity index (χ1n) is 10.1. The van der Waals surface area contributed by atoms with Gasteiger partial charge < -0.3 is 20.2 Å². The molecule has 2 amide bonds. The zero-order valence-corrected chi connectivity index (χ0v) is 17.4. The summed E-state index contributed by atoms with van der Waals surface area (Å²) in [5.41, 5.74) is 1.39. The Kier molecular flexibility index (Phi) is 5.81. The fourth-order valence-corrected chi connectivity index (χ4v) is 3.53. The van der Waals surface area contributed by atoms with Crippen LogP contribution in [0, 0.1) is 11.3 Å². The third-order valence-electron chi connectivity index (χ3n) is 5.36. The molecule has 0 atom stereocenters. The van der Waals surface area contributed by atoms with Gasteiger partial charge in [0, 0.05) is 51.2 Å². The molecule has 1 aliphatic rings. The number of anilines is 1. The number of nitrogens with one attached hydrogen (secondary N) is 1. The number of amides is 2. The molecule has 0 saturated carbocycles. The average Bonchev–Trinajstić information content (AvgIpc) is 2.83. The van der Waals surface area contributed by atoms with Crippen molar-refractivity contribution < 1.29 is 14.7 Å². The summed E-state index contributed by atoms with van der Waals surface area (Å²) in [7, 11) is 0. The second-order valence-electron chi connectivity index (χ2n) is 7.40. The molecule has 3 aromatic rings. The Morgan fingerprint density at radius 1 is 1.12 bits per heavy atom. The van der Waals surface area contributed by atoms with Crippen LogP contribution in [-0.2, 0) is 11.3 Å². The molecule has 2 N–H and O–H groups in total. The summed E-state index contributed by atoms with van der Waals surface area (Å²) in [6.07, 6.45) is 2.97. The van der Waals surface area contributed by atoms with Crippen molar-refractivity contribution in [1.82, 2.24) is 25.2 Å². The summed E-state index contributed by atoms with van der Waals surface area (Å²) < 4.78 is 0. The fourth-order valence-electron chi connectivity index (χ4n) is 3.53. The number of nitrogens with zero attached hydrogens (tertiary/aromatic N) is 6. The van der Waals surface area contributed by atoms with E-state index in [1.807, 2.05) is 6.07 Å². The van der Waals surface area contributed by atoms with E-state index in [0.717, 1.165) is 5.82 Å². The zero-order chi connectivity index (χ0) is 22.7. The van der Waals surface area contributed by atoms with Crippen LogP contribution in [0.15, 0.2) is 36.7 Å². The number of hydrogen-bond acceptors (Lipinski definition) is 8. The highest BCUT2D eigenvalue weighted by Gasteiger charge is 2.21. The van der Waals surface area contributed by atoms with Crippen LogP contribution in [-0.4, -0.2) is 63.0 Å². The van der Waals surface area contributed by atoms with Crippen LogP contribution >= 0.6 is 0 Å². The van der Waals surface area contributed by atoms with Crippen molar-refractivity contribution in [2.24, 2.45) is 0 Å². The van der Waals surface area contributed by atoms with Gasteiger partial charge in [-0.1, -0.05) is 6.07 Å². The van der Waals surface area contributed by atoms with E-state index in [1.165, 1.54) is 12.4 Å². The van der Waals surface area contributed by atoms with Gasteiger partial charge in [0.2, 0.25) is 5.91 Å². The molecule has 10 nitrogen and oxygen atoms in total. The number of carbonyl (C=O) groups excluding carboxylic acids is 2. The van der Waals surface area contributed by atoms with Gasteiger partial charge in [-0.15, -0.1) is 0 Å². The van der Waals surface area contributed by atoms with Crippen molar-refractivity contribution in [3.8, 4) is 11.8 Å². The van der Waals surface area contributed by atoms with Gasteiger partial charge in [-0.05, 0) is 23.8 Å². The van der Waals surface area contributed by atoms with Crippen LogP contribution in [0.5, 0.6) is 5.75 Å². The Hall–Kier alpha value is -4.26. The molecule has 3 aromatic heterocycles. The molecular formula is C22H21N7O3. The Balaban J connectivity index is 1.47. The van der Waals surface area contributed by atoms with Gasteiger partial charge in [0.25, 0.3) is 5.91 Å². The minimum atomic E-state index is -0.529. The Bertz CT molecular complexity index is 1210. The number of pyridine rings is 3. The quantitative estimate of drug-likeness (QED) is 0.629. The van der Waals surface area contributed by atoms with Gasteiger partial charge >= 0.3 is 0 Å². The molecule has 0 unspecified atom stereocenters. The summed E-state index contributed by atoms with van der Waals surface area (Å²) in [5, 5.41) is 22.5. The summed E-state index contributed by atoms with van der Waals surface area (Å²) in [4.78, 5) is 40.6. The molecule has 10 heteroatoms. The van der Waals surface area contributed by atoms with Gasteiger partial charge in [0.15, 0.2) is 11.4 Å². The van der Waals surface area contributed by atoms with Gasteiger partial charge in [-0.2, -0.15) is 5.26 Å². The summed E-state index contributed by atoms with van der Waals surface area (Å²) in [6, 6.07) is 8.70. The highest BCUT2D eigenvalue weighted by atomic mass is 16.3. The number of nitriles is 1. The molecule has 0 bridgehead atoms. The third-order valence-corrected chi connectivity index (χ3v) is 5.36. The average molecular weight is 431 g/mol. The minimum absolute atomic E-state index is 0.0616. The van der Waals surface area contributed by atoms with Crippen molar-refractivity contribution in [3.63, 3.8) is 0 Å². The van der Waals surface area contributed by atoms with E-state index >= 15 is 0 Å². The van der Waals surface area contributed by atoms with Crippen LogP contribution in [0.3, 0.4) is 0 Å². The number of piperazine rings is 1. The van der Waals surface area contributed by atoms with E-state index in [4.69, 9.17) is 5.26 Å². The first-order valence-corrected chi connectivity index (χ1v) is 10.1. The highest BCUT2D eigenvalue weighted by Crippen LogP contribution is 2.28. The van der Waals surface area contributed by atoms with Crippen molar-refractivity contribution in [1.29, 1.82) is 5.26 Å². The standard InChI is InChI=1S/C22H21N7O3/c1-14(30)28-6-8-29(9-7-28)19-5-4-17-18(27-19)13-25-20(21(17)31)22(32)26-12-15-2-3-16(10-23)24-11-15/h2-5,11,13,31H,6-9,12H2,1H3,(H,26,32). The summed E-state index contributed by atoms with van der Waals surface area (Å²) >= 11 is 0. The second-order valence-corrected chi connectivity index (χ2v) is 7.40. The van der Waals surface area contributed by atoms with Crippen molar-refractivity contribution in [2.45, 2.75) is 13.5 Å². The topological polar surface area (TPSA) is 135 Å². The maximum atomic E-state index is 12.5. The van der Waals surface area contributed by atoms with Gasteiger partial charge in [0.05, 0.1) is 11.7 Å². The predicted octanol–water partition coefficient (Wildman–Crippen LogP) is 1.20. The molecule has 0 aliphatic carbocycles. The summed E-state index contributed by atoms with van der Waals surface area (Å²) in [6.45, 7) is 4.34. The molecule has 4 rings (SSSR count). The van der Waals surface area contributed by atoms with E-state index in [0.29, 0.717) is 48.3 Å². The smallest absolute Gasteiger partial charge is 0.274 e. The summed E-state index contributed by atoms with van der Waals surface area (Å²) in [5.74, 6) is 0.0236. The van der Waals surface area contributed by atoms with E-state index in [1.54, 1.807) is 36.1 Å². The number of aromatic nitrogens is 3. The molecule has 4 heterocycles. The number of rotatable bonds is 4. The monoisotopic (exact) mass is 431 g/mol. The van der Waals surface area contributed by atoms with Crippen LogP contribution in [0.25, 0.3) is 10.9 Å². The van der Waals surface area contributed by atoms with Crippen molar-refractivity contribution in [3.05, 3.63) is 53.6 Å². The number of carbonyl (C=O) groups is 2. The first-order chi connectivity index (χ1) is 15.5. The maximum Gasteiger partial charge on any atom is 0.274 e. The Labute approximate surface area is 184 Å². The normalized spacial score (nSPS) is 13.6. The van der Waals surface area contributed by atoms with Crippen LogP contribution in [0.1, 0.15) is 28.7 Å². The molecule has 0 radical (unpaired) electrons. The van der Waals surface area contributed by atoms with Crippen LogP contribution < -0.4 is 10.2 Å². The first kappa shape index (κ1) is 21.0. The van der Waals surface area contributed by atoms with Crippen LogP contribution in [0.2, 0.25) is 0 Å². The molecule has 32 heavy (non-hydrogen) atoms. The molecule has 0 spiro atoms. The molecule has 0 aromatic carbocycles. The van der Waals surface area contributed by atoms with E-state index < -0.39 is 5.91 Å². The maximum absolute atomic E-state index is 12.5. The van der Waals surface area contributed by atoms with Gasteiger partial charge in [-0.3, -0.25) is 9.59 Å². The third kappa shape index (κ3) is 4.27. The number of fused-ring (bicyclic) bond motifs is 1. The molecular weight excluding hydrogens is 410 g/mol. The van der Waals surface area contributed by atoms with Crippen LogP contribution in [0.4, 0.5) is 5.82 Å². The predicted molar refractivity (Wildman–Crippen MR) is 116 cm³/mol. The SMILES string of the molecule is CC(=O)N1CCN(c2ccc3c(O)c(C(=O)NCc4ccc(C#N)nc4)ncc3n2)CC1. The lowest BCUT2D eigenvalue weighted by molar-refractivity contribution is -0.129.